The first-order valence-electron chi connectivity index (χ1n) is 9.81. The lowest BCUT2D eigenvalue weighted by atomic mass is 10.2. The number of hydrogen-bond acceptors (Lipinski definition) is 7. The Balaban J connectivity index is 1.57. The zero-order valence-electron chi connectivity index (χ0n) is 17.9. The van der Waals surface area contributed by atoms with Gasteiger partial charge in [0.25, 0.3) is 5.91 Å². The van der Waals surface area contributed by atoms with Gasteiger partial charge in [-0.3, -0.25) is 4.79 Å². The highest BCUT2D eigenvalue weighted by molar-refractivity contribution is 9.10. The Morgan fingerprint density at radius 3 is 2.47 bits per heavy atom. The van der Waals surface area contributed by atoms with Crippen molar-refractivity contribution in [2.75, 3.05) is 13.7 Å². The fraction of sp³-hybridized carbons (Fsp3) is 0.0870. The van der Waals surface area contributed by atoms with Crippen molar-refractivity contribution in [2.24, 2.45) is 5.10 Å². The van der Waals surface area contributed by atoms with E-state index in [0.717, 1.165) is 4.47 Å². The maximum atomic E-state index is 12.4. The van der Waals surface area contributed by atoms with Crippen LogP contribution in [0.25, 0.3) is 0 Å². The molecule has 0 atom stereocenters. The van der Waals surface area contributed by atoms with E-state index in [0.29, 0.717) is 11.1 Å². The Morgan fingerprint density at radius 2 is 1.76 bits per heavy atom. The maximum Gasteiger partial charge on any atom is 0.343 e. The SMILES string of the molecule is COc1cc(C=NNC(=O)CNS(=O)(=O)c2ccccc2)ccc1OC(=O)c1cccc(Br)c1. The van der Waals surface area contributed by atoms with Gasteiger partial charge in [-0.1, -0.05) is 40.2 Å². The molecular weight excluding hydrogens is 526 g/mol. The second kappa shape index (κ2) is 11.5. The van der Waals surface area contributed by atoms with Gasteiger partial charge in [0.05, 0.1) is 30.3 Å². The van der Waals surface area contributed by atoms with E-state index in [4.69, 9.17) is 9.47 Å². The molecule has 176 valence electrons. The van der Waals surface area contributed by atoms with Crippen LogP contribution in [0.5, 0.6) is 11.5 Å². The zero-order chi connectivity index (χ0) is 24.6. The van der Waals surface area contributed by atoms with Crippen LogP contribution in [0.2, 0.25) is 0 Å². The highest BCUT2D eigenvalue weighted by atomic mass is 79.9. The third-order valence-electron chi connectivity index (χ3n) is 4.33. The van der Waals surface area contributed by atoms with Crippen molar-refractivity contribution in [3.8, 4) is 11.5 Å². The monoisotopic (exact) mass is 545 g/mol. The van der Waals surface area contributed by atoms with E-state index in [1.165, 1.54) is 31.5 Å². The summed E-state index contributed by atoms with van der Waals surface area (Å²) in [5.74, 6) is -0.702. The van der Waals surface area contributed by atoms with Crippen LogP contribution in [0, 0.1) is 0 Å². The van der Waals surface area contributed by atoms with Crippen LogP contribution < -0.4 is 19.6 Å². The van der Waals surface area contributed by atoms with Crippen LogP contribution in [0.4, 0.5) is 0 Å². The molecule has 0 unspecified atom stereocenters. The topological polar surface area (TPSA) is 123 Å². The van der Waals surface area contributed by atoms with Crippen LogP contribution in [0.15, 0.2) is 87.3 Å². The summed E-state index contributed by atoms with van der Waals surface area (Å²) < 4.78 is 37.9. The van der Waals surface area contributed by atoms with E-state index in [1.807, 2.05) is 0 Å². The number of halogens is 1. The molecule has 11 heteroatoms. The molecule has 0 aliphatic carbocycles. The zero-order valence-corrected chi connectivity index (χ0v) is 20.3. The van der Waals surface area contributed by atoms with E-state index in [9.17, 15) is 18.0 Å². The number of carbonyl (C=O) groups is 2. The molecule has 0 aromatic heterocycles. The summed E-state index contributed by atoms with van der Waals surface area (Å²) >= 11 is 3.31. The van der Waals surface area contributed by atoms with Crippen molar-refractivity contribution >= 4 is 44.0 Å². The Kier molecular flexibility index (Phi) is 8.52. The van der Waals surface area contributed by atoms with Crippen LogP contribution in [-0.2, 0) is 14.8 Å². The summed E-state index contributed by atoms with van der Waals surface area (Å²) in [5, 5.41) is 3.81. The largest absolute Gasteiger partial charge is 0.493 e. The van der Waals surface area contributed by atoms with Gasteiger partial charge in [-0.2, -0.15) is 5.10 Å². The third kappa shape index (κ3) is 6.98. The Bertz CT molecular complexity index is 1310. The molecule has 3 rings (SSSR count). The number of methoxy groups -OCH3 is 1. The van der Waals surface area contributed by atoms with Crippen molar-refractivity contribution in [1.82, 2.24) is 10.1 Å². The van der Waals surface area contributed by atoms with Crippen molar-refractivity contribution < 1.29 is 27.5 Å². The van der Waals surface area contributed by atoms with E-state index >= 15 is 0 Å². The number of rotatable bonds is 9. The van der Waals surface area contributed by atoms with Gasteiger partial charge in [0, 0.05) is 4.47 Å². The lowest BCUT2D eigenvalue weighted by Crippen LogP contribution is -2.34. The average Bonchev–Trinajstić information content (AvgIpc) is 2.84. The van der Waals surface area contributed by atoms with Gasteiger partial charge in [0.1, 0.15) is 0 Å². The molecule has 0 saturated carbocycles. The number of nitrogens with zero attached hydrogens (tertiary/aromatic N) is 1. The summed E-state index contributed by atoms with van der Waals surface area (Å²) in [6.45, 7) is -0.484. The predicted octanol–water partition coefficient (Wildman–Crippen LogP) is 3.11. The van der Waals surface area contributed by atoms with Crippen LogP contribution in [0.3, 0.4) is 0 Å². The smallest absolute Gasteiger partial charge is 0.343 e. The van der Waals surface area contributed by atoms with Crippen molar-refractivity contribution in [3.05, 3.63) is 88.4 Å². The molecule has 34 heavy (non-hydrogen) atoms. The number of ether oxygens (including phenoxy) is 2. The molecule has 3 aromatic rings. The third-order valence-corrected chi connectivity index (χ3v) is 6.24. The molecule has 0 saturated heterocycles. The maximum absolute atomic E-state index is 12.4. The molecule has 0 bridgehead atoms. The summed E-state index contributed by atoms with van der Waals surface area (Å²) in [6, 6.07) is 19.2. The van der Waals surface area contributed by atoms with Gasteiger partial charge in [-0.25, -0.2) is 23.4 Å². The molecule has 0 fully saturated rings. The highest BCUT2D eigenvalue weighted by Crippen LogP contribution is 2.28. The molecule has 1 amide bonds. The van der Waals surface area contributed by atoms with Crippen molar-refractivity contribution in [2.45, 2.75) is 4.90 Å². The van der Waals surface area contributed by atoms with Crippen molar-refractivity contribution in [1.29, 1.82) is 0 Å². The molecular formula is C23H20BrN3O6S. The quantitative estimate of drug-likeness (QED) is 0.184. The normalized spacial score (nSPS) is 11.2. The van der Waals surface area contributed by atoms with Crippen LogP contribution in [-0.4, -0.2) is 40.2 Å². The number of esters is 1. The first-order chi connectivity index (χ1) is 16.3. The number of benzene rings is 3. The second-order valence-corrected chi connectivity index (χ2v) is 9.42. The number of carbonyl (C=O) groups excluding carboxylic acids is 2. The lowest BCUT2D eigenvalue weighted by Gasteiger charge is -2.10. The van der Waals surface area contributed by atoms with Gasteiger partial charge in [0.2, 0.25) is 10.0 Å². The molecule has 3 aromatic carbocycles. The van der Waals surface area contributed by atoms with Crippen LogP contribution >= 0.6 is 15.9 Å². The molecule has 0 heterocycles. The molecule has 2 N–H and O–H groups in total. The summed E-state index contributed by atoms with van der Waals surface area (Å²) in [6.07, 6.45) is 1.34. The van der Waals surface area contributed by atoms with E-state index in [1.54, 1.807) is 54.6 Å². The van der Waals surface area contributed by atoms with Crippen molar-refractivity contribution in [3.63, 3.8) is 0 Å². The fourth-order valence-electron chi connectivity index (χ4n) is 2.68. The van der Waals surface area contributed by atoms with Gasteiger partial charge >= 0.3 is 5.97 Å². The van der Waals surface area contributed by atoms with Gasteiger partial charge in [-0.05, 0) is 54.1 Å². The highest BCUT2D eigenvalue weighted by Gasteiger charge is 2.15. The van der Waals surface area contributed by atoms with Gasteiger partial charge in [0.15, 0.2) is 11.5 Å². The molecule has 0 aliphatic heterocycles. The minimum Gasteiger partial charge on any atom is -0.493 e. The van der Waals surface area contributed by atoms with Gasteiger partial charge in [-0.15, -0.1) is 0 Å². The summed E-state index contributed by atoms with van der Waals surface area (Å²) in [4.78, 5) is 24.4. The first kappa shape index (κ1) is 25.1. The Labute approximate surface area is 205 Å². The molecule has 0 radical (unpaired) electrons. The Hall–Kier alpha value is -3.54. The summed E-state index contributed by atoms with van der Waals surface area (Å²) in [7, 11) is -2.38. The molecule has 0 spiro atoms. The Morgan fingerprint density at radius 1 is 1.00 bits per heavy atom. The van der Waals surface area contributed by atoms with Crippen LogP contribution in [0.1, 0.15) is 15.9 Å². The minimum absolute atomic E-state index is 0.0547. The van der Waals surface area contributed by atoms with E-state index in [-0.39, 0.29) is 16.4 Å². The minimum atomic E-state index is -3.80. The number of nitrogens with one attached hydrogen (secondary N) is 2. The number of hydrogen-bond donors (Lipinski definition) is 2. The lowest BCUT2D eigenvalue weighted by molar-refractivity contribution is -0.119. The second-order valence-electron chi connectivity index (χ2n) is 6.74. The average molecular weight is 546 g/mol. The summed E-state index contributed by atoms with van der Waals surface area (Å²) in [5.41, 5.74) is 3.15. The predicted molar refractivity (Wildman–Crippen MR) is 129 cm³/mol. The fourth-order valence-corrected chi connectivity index (χ4v) is 4.09. The first-order valence-corrected chi connectivity index (χ1v) is 12.1. The number of hydrazone groups is 1. The molecule has 9 nitrogen and oxygen atoms in total. The van der Waals surface area contributed by atoms with E-state index < -0.39 is 28.4 Å². The van der Waals surface area contributed by atoms with Gasteiger partial charge < -0.3 is 9.47 Å². The van der Waals surface area contributed by atoms with E-state index in [2.05, 4.69) is 31.2 Å². The number of amides is 1. The standard InChI is InChI=1S/C23H20BrN3O6S/c1-32-21-12-16(10-11-20(21)33-23(29)17-6-5-7-18(24)13-17)14-25-27-22(28)15-26-34(30,31)19-8-3-2-4-9-19/h2-14,26H,15H2,1H3,(H,27,28). The molecule has 0 aliphatic rings. The number of sulfonamides is 1.